The number of hydrogen-bond acceptors (Lipinski definition) is 1. The summed E-state index contributed by atoms with van der Waals surface area (Å²) >= 11 is 0. The minimum atomic E-state index is 0.0170. The van der Waals surface area contributed by atoms with Crippen molar-refractivity contribution in [3.8, 4) is 0 Å². The number of ketones is 1. The van der Waals surface area contributed by atoms with Crippen LogP contribution in [0.3, 0.4) is 0 Å². The van der Waals surface area contributed by atoms with Crippen LogP contribution >= 0.6 is 0 Å². The average Bonchev–Trinajstić information content (AvgIpc) is 2.42. The van der Waals surface area contributed by atoms with Gasteiger partial charge in [-0.15, -0.1) is 0 Å². The number of benzene rings is 2. The third-order valence-electron chi connectivity index (χ3n) is 2.41. The maximum absolute atomic E-state index is 8.87. The molecule has 0 aliphatic carbocycles. The van der Waals surface area contributed by atoms with Gasteiger partial charge in [0, 0.05) is 0 Å². The molecule has 2 aromatic carbocycles. The van der Waals surface area contributed by atoms with Crippen molar-refractivity contribution in [2.75, 3.05) is 13.2 Å². The van der Waals surface area contributed by atoms with Gasteiger partial charge in [-0.25, -0.2) is 0 Å². The second kappa shape index (κ2) is 5.97. The van der Waals surface area contributed by atoms with Crippen LogP contribution in [-0.4, -0.2) is 24.1 Å². The molecule has 0 radical (unpaired) electrons. The van der Waals surface area contributed by atoms with E-state index in [4.69, 9.17) is 9.53 Å². The molecule has 2 nitrogen and oxygen atoms in total. The van der Waals surface area contributed by atoms with Gasteiger partial charge in [-0.05, 0) is 24.3 Å². The maximum Gasteiger partial charge on any atom is 0.357 e. The lowest BCUT2D eigenvalue weighted by molar-refractivity contribution is -0.276. The molecule has 0 aliphatic rings. The van der Waals surface area contributed by atoms with Crippen LogP contribution in [0, 0.1) is 0 Å². The third-order valence-corrected chi connectivity index (χ3v) is 2.41. The van der Waals surface area contributed by atoms with E-state index in [1.54, 1.807) is 0 Å². The number of carbonyl (C=O) groups excluding carboxylic acids is 1. The summed E-state index contributed by atoms with van der Waals surface area (Å²) in [5, 5.41) is 8.87. The zero-order valence-electron chi connectivity index (χ0n) is 9.54. The summed E-state index contributed by atoms with van der Waals surface area (Å²) in [5.41, 5.74) is 2.04. The molecule has 0 spiro atoms. The average molecular weight is 227 g/mol. The fourth-order valence-corrected chi connectivity index (χ4v) is 1.66. The van der Waals surface area contributed by atoms with E-state index in [1.165, 1.54) is 0 Å². The number of aliphatic hydroxyl groups is 1. The summed E-state index contributed by atoms with van der Waals surface area (Å²) in [7, 11) is 0. The van der Waals surface area contributed by atoms with Gasteiger partial charge >= 0.3 is 5.78 Å². The Bertz CT molecular complexity index is 433. The van der Waals surface area contributed by atoms with E-state index in [1.807, 2.05) is 60.7 Å². The van der Waals surface area contributed by atoms with E-state index in [0.29, 0.717) is 6.61 Å². The van der Waals surface area contributed by atoms with E-state index in [0.717, 1.165) is 16.9 Å². The van der Waals surface area contributed by atoms with Crippen molar-refractivity contribution < 1.29 is 9.53 Å². The zero-order chi connectivity index (χ0) is 11.9. The molecule has 2 aromatic rings. The van der Waals surface area contributed by atoms with Crippen LogP contribution in [0.15, 0.2) is 60.7 Å². The van der Waals surface area contributed by atoms with Gasteiger partial charge in [0.15, 0.2) is 0 Å². The van der Waals surface area contributed by atoms with Crippen molar-refractivity contribution in [1.82, 2.24) is 0 Å². The zero-order valence-corrected chi connectivity index (χ0v) is 9.54. The molecule has 2 rings (SSSR count). The molecule has 86 valence electrons. The predicted molar refractivity (Wildman–Crippen MR) is 68.3 cm³/mol. The molecule has 0 amide bonds. The quantitative estimate of drug-likeness (QED) is 0.631. The first-order valence-corrected chi connectivity index (χ1v) is 5.63. The molecule has 0 saturated carbocycles. The van der Waals surface area contributed by atoms with Crippen molar-refractivity contribution in [3.05, 3.63) is 71.8 Å². The Hall–Kier alpha value is -1.93. The third kappa shape index (κ3) is 3.02. The molecule has 1 N–H and O–H groups in total. The van der Waals surface area contributed by atoms with Crippen molar-refractivity contribution in [1.29, 1.82) is 0 Å². The maximum atomic E-state index is 8.87. The van der Waals surface area contributed by atoms with Crippen molar-refractivity contribution in [2.45, 2.75) is 0 Å². The van der Waals surface area contributed by atoms with Crippen molar-refractivity contribution >= 4 is 5.78 Å². The Morgan fingerprint density at radius 1 is 0.824 bits per heavy atom. The lowest BCUT2D eigenvalue weighted by atomic mass is 10.0. The smallest absolute Gasteiger partial charge is 0.357 e. The Morgan fingerprint density at radius 2 is 1.29 bits per heavy atom. The highest BCUT2D eigenvalue weighted by Gasteiger charge is 2.17. The van der Waals surface area contributed by atoms with E-state index in [-0.39, 0.29) is 6.61 Å². The molecule has 0 heterocycles. The van der Waals surface area contributed by atoms with Crippen LogP contribution in [0.25, 0.3) is 0 Å². The highest BCUT2D eigenvalue weighted by atomic mass is 16.4. The molecule has 0 fully saturated rings. The molecular weight excluding hydrogens is 212 g/mol. The van der Waals surface area contributed by atoms with Crippen LogP contribution in [-0.2, 0) is 0 Å². The van der Waals surface area contributed by atoms with Gasteiger partial charge in [0.25, 0.3) is 6.61 Å². The molecule has 0 aromatic heterocycles. The van der Waals surface area contributed by atoms with Crippen LogP contribution in [0.2, 0.25) is 0 Å². The summed E-state index contributed by atoms with van der Waals surface area (Å²) in [6.07, 6.45) is 0. The molecule has 0 atom stereocenters. The van der Waals surface area contributed by atoms with Gasteiger partial charge < -0.3 is 5.11 Å². The van der Waals surface area contributed by atoms with Gasteiger partial charge in [0.1, 0.15) is 6.61 Å². The van der Waals surface area contributed by atoms with Crippen molar-refractivity contribution in [3.63, 3.8) is 0 Å². The Balaban J connectivity index is 2.40. The number of rotatable bonds is 4. The molecular formula is C15H15O2+. The topological polar surface area (TPSA) is 31.5 Å². The van der Waals surface area contributed by atoms with Gasteiger partial charge in [-0.2, -0.15) is 0 Å². The first-order chi connectivity index (χ1) is 8.42. The van der Waals surface area contributed by atoms with E-state index in [2.05, 4.69) is 0 Å². The summed E-state index contributed by atoms with van der Waals surface area (Å²) in [6.45, 7) is 0.322. The highest BCUT2D eigenvalue weighted by molar-refractivity contribution is 6.09. The van der Waals surface area contributed by atoms with E-state index >= 15 is 0 Å². The highest BCUT2D eigenvalue weighted by Crippen LogP contribution is 2.10. The monoisotopic (exact) mass is 227 g/mol. The van der Waals surface area contributed by atoms with Gasteiger partial charge in [-0.1, -0.05) is 36.4 Å². The summed E-state index contributed by atoms with van der Waals surface area (Å²) in [5.74, 6) is 0.806. The first kappa shape index (κ1) is 11.6. The van der Waals surface area contributed by atoms with E-state index in [9.17, 15) is 0 Å². The normalized spacial score (nSPS) is 9.94. The van der Waals surface area contributed by atoms with Gasteiger partial charge in [-0.3, -0.25) is 4.42 Å². The van der Waals surface area contributed by atoms with Crippen LogP contribution in [0.4, 0.5) is 0 Å². The fourth-order valence-electron chi connectivity index (χ4n) is 1.66. The Kier molecular flexibility index (Phi) is 4.05. The van der Waals surface area contributed by atoms with Crippen LogP contribution in [0.5, 0.6) is 0 Å². The first-order valence-electron chi connectivity index (χ1n) is 5.63. The molecule has 0 bridgehead atoms. The summed E-state index contributed by atoms with van der Waals surface area (Å²) in [4.78, 5) is 0. The lowest BCUT2D eigenvalue weighted by Crippen LogP contribution is -2.06. The van der Waals surface area contributed by atoms with Gasteiger partial charge in [0.2, 0.25) is 0 Å². The molecule has 2 heteroatoms. The second-order valence-electron chi connectivity index (χ2n) is 3.63. The Labute approximate surface area is 101 Å². The summed E-state index contributed by atoms with van der Waals surface area (Å²) in [6, 6.07) is 19.8. The second-order valence-corrected chi connectivity index (χ2v) is 3.63. The van der Waals surface area contributed by atoms with Crippen molar-refractivity contribution in [2.24, 2.45) is 0 Å². The van der Waals surface area contributed by atoms with E-state index < -0.39 is 0 Å². The molecule has 0 saturated heterocycles. The summed E-state index contributed by atoms with van der Waals surface area (Å²) < 4.78 is 5.63. The van der Waals surface area contributed by atoms with Crippen LogP contribution in [0.1, 0.15) is 15.6 Å². The molecule has 17 heavy (non-hydrogen) atoms. The number of aliphatic hydroxyl groups excluding tert-OH is 1. The minimum absolute atomic E-state index is 0.0170. The van der Waals surface area contributed by atoms with Crippen LogP contribution < -0.4 is 0 Å². The largest absolute Gasteiger partial charge is 0.387 e. The lowest BCUT2D eigenvalue weighted by Gasteiger charge is -1.97. The molecule has 0 unspecified atom stereocenters. The molecule has 0 aliphatic heterocycles. The predicted octanol–water partition coefficient (Wildman–Crippen LogP) is 2.45. The standard InChI is InChI=1S/C15H15O2/c16-11-12-17-15(13-7-3-1-4-8-13)14-9-5-2-6-10-14/h1-10,16H,11-12H2/q+1. The Morgan fingerprint density at radius 3 is 1.71 bits per heavy atom. The fraction of sp³-hybridized carbons (Fsp3) is 0.133. The SMILES string of the molecule is OCC[O+]=C(c1ccccc1)c1ccccc1. The minimum Gasteiger partial charge on any atom is -0.387 e. The van der Waals surface area contributed by atoms with Gasteiger partial charge in [0.05, 0.1) is 11.1 Å². The number of hydrogen-bond donors (Lipinski definition) is 1.